The molecule has 3 nitrogen and oxygen atoms in total. The van der Waals surface area contributed by atoms with Crippen molar-refractivity contribution in [2.24, 2.45) is 28.6 Å². The summed E-state index contributed by atoms with van der Waals surface area (Å²) in [6.45, 7) is 17.4. The summed E-state index contributed by atoms with van der Waals surface area (Å²) in [6, 6.07) is 0. The van der Waals surface area contributed by atoms with E-state index in [0.29, 0.717) is 42.6 Å². The summed E-state index contributed by atoms with van der Waals surface area (Å²) < 4.78 is 6.32. The molecule has 4 aliphatic carbocycles. The zero-order valence-electron chi connectivity index (χ0n) is 22.7. The molecule has 0 aromatic rings. The monoisotopic (exact) mass is 482 g/mol. The molecule has 0 unspecified atom stereocenters. The Morgan fingerprint density at radius 3 is 2.57 bits per heavy atom. The van der Waals surface area contributed by atoms with Crippen molar-refractivity contribution in [3.8, 4) is 0 Å². The molecule has 0 aromatic heterocycles. The average Bonchev–Trinajstić information content (AvgIpc) is 3.18. The fourth-order valence-electron chi connectivity index (χ4n) is 8.02. The zero-order chi connectivity index (χ0) is 25.2. The second kappa shape index (κ2) is 11.1. The molecule has 2 N–H and O–H groups in total. The Hall–Kier alpha value is -1.16. The lowest BCUT2D eigenvalue weighted by Crippen LogP contribution is -2.37. The Kier molecular flexibility index (Phi) is 8.51. The molecular formula is C32H50O3. The van der Waals surface area contributed by atoms with Crippen LogP contribution in [0.25, 0.3) is 0 Å². The summed E-state index contributed by atoms with van der Waals surface area (Å²) in [5.74, 6) is 1.87. The van der Waals surface area contributed by atoms with E-state index in [9.17, 15) is 10.2 Å². The minimum Gasteiger partial charge on any atom is -0.393 e. The van der Waals surface area contributed by atoms with Crippen molar-refractivity contribution < 1.29 is 14.9 Å². The Morgan fingerprint density at radius 1 is 1.09 bits per heavy atom. The summed E-state index contributed by atoms with van der Waals surface area (Å²) in [5, 5.41) is 20.3. The van der Waals surface area contributed by atoms with Gasteiger partial charge >= 0.3 is 0 Å². The summed E-state index contributed by atoms with van der Waals surface area (Å²) in [5.41, 5.74) is 5.27. The smallest absolute Gasteiger partial charge is 0.0811 e. The van der Waals surface area contributed by atoms with Crippen LogP contribution in [0, 0.1) is 28.6 Å². The van der Waals surface area contributed by atoms with Gasteiger partial charge in [-0.2, -0.15) is 0 Å². The van der Waals surface area contributed by atoms with Crippen LogP contribution in [0.1, 0.15) is 97.8 Å². The minimum atomic E-state index is -0.617. The highest BCUT2D eigenvalue weighted by molar-refractivity contribution is 5.38. The number of hydrogen-bond donors (Lipinski definition) is 2. The minimum absolute atomic E-state index is 0.277. The molecule has 0 amide bonds. The van der Waals surface area contributed by atoms with Crippen LogP contribution in [0.5, 0.6) is 0 Å². The van der Waals surface area contributed by atoms with Crippen LogP contribution in [0.2, 0.25) is 0 Å². The molecule has 0 radical (unpaired) electrons. The van der Waals surface area contributed by atoms with Gasteiger partial charge in [0.1, 0.15) is 0 Å². The predicted octanol–water partition coefficient (Wildman–Crippen LogP) is 7.31. The number of aliphatic hydroxyl groups excluding tert-OH is 2. The third kappa shape index (κ3) is 5.73. The summed E-state index contributed by atoms with van der Waals surface area (Å²) in [6.07, 6.45) is 17.2. The van der Waals surface area contributed by atoms with Crippen molar-refractivity contribution in [3.05, 3.63) is 47.6 Å². The molecule has 196 valence electrons. The first kappa shape index (κ1) is 26.9. The van der Waals surface area contributed by atoms with Crippen molar-refractivity contribution in [3.63, 3.8) is 0 Å². The molecule has 0 spiro atoms. The third-order valence-electron chi connectivity index (χ3n) is 10.5. The van der Waals surface area contributed by atoms with Crippen molar-refractivity contribution in [2.75, 3.05) is 13.2 Å². The highest BCUT2D eigenvalue weighted by Gasteiger charge is 2.50. The van der Waals surface area contributed by atoms with E-state index in [1.54, 1.807) is 5.57 Å². The molecular weight excluding hydrogens is 432 g/mol. The highest BCUT2D eigenvalue weighted by atomic mass is 16.5. The van der Waals surface area contributed by atoms with Crippen molar-refractivity contribution in [1.82, 2.24) is 0 Å². The van der Waals surface area contributed by atoms with Crippen LogP contribution in [-0.4, -0.2) is 35.6 Å². The first-order valence-electron chi connectivity index (χ1n) is 14.3. The van der Waals surface area contributed by atoms with E-state index < -0.39 is 12.2 Å². The van der Waals surface area contributed by atoms with Crippen LogP contribution in [0.15, 0.2) is 47.6 Å². The molecule has 0 aromatic carbocycles. The van der Waals surface area contributed by atoms with Crippen LogP contribution < -0.4 is 0 Å². The lowest BCUT2D eigenvalue weighted by atomic mass is 9.61. The lowest BCUT2D eigenvalue weighted by Gasteiger charge is -2.44. The number of hydrogen-bond acceptors (Lipinski definition) is 3. The molecule has 0 bridgehead atoms. The molecule has 4 saturated carbocycles. The van der Waals surface area contributed by atoms with Crippen LogP contribution >= 0.6 is 0 Å². The Balaban J connectivity index is 1.36. The fourth-order valence-corrected chi connectivity index (χ4v) is 8.02. The van der Waals surface area contributed by atoms with E-state index in [1.807, 2.05) is 0 Å². The molecule has 3 heteroatoms. The van der Waals surface area contributed by atoms with Gasteiger partial charge in [0.25, 0.3) is 0 Å². The molecule has 0 heterocycles. The quantitative estimate of drug-likeness (QED) is 0.374. The van der Waals surface area contributed by atoms with E-state index in [0.717, 1.165) is 24.2 Å². The standard InChI is InChI=1S/C32H50O3/c1-22(20-35-21-23(2)31(4)15-7-6-8-16-31)28-13-14-29-25(10-9-17-32(28,29)5)11-12-26-18-27(33)19-30(34)24(26)3/h11-12,22,27-30,33-34H,2-3,6-10,13-21H2,1,4-5H3/t22-,27-,28-,29+,30+,32-/m1/s1. The van der Waals surface area contributed by atoms with Crippen molar-refractivity contribution in [1.29, 1.82) is 0 Å². The van der Waals surface area contributed by atoms with Gasteiger partial charge in [-0.15, -0.1) is 0 Å². The van der Waals surface area contributed by atoms with Gasteiger partial charge < -0.3 is 14.9 Å². The number of ether oxygens (including phenoxy) is 1. The van der Waals surface area contributed by atoms with Crippen LogP contribution in [0.4, 0.5) is 0 Å². The SMILES string of the molecule is C=C1C(=CC=C2CCC[C@]3(C)[C@@H]([C@H](C)COCC(=C)C4(C)CCCCC4)CC[C@@H]23)C[C@@H](O)C[C@@H]1O. The predicted molar refractivity (Wildman–Crippen MR) is 145 cm³/mol. The van der Waals surface area contributed by atoms with Gasteiger partial charge in [-0.25, -0.2) is 0 Å². The second-order valence-electron chi connectivity index (χ2n) is 12.9. The van der Waals surface area contributed by atoms with Gasteiger partial charge in [0, 0.05) is 13.0 Å². The molecule has 4 fully saturated rings. The van der Waals surface area contributed by atoms with E-state index in [-0.39, 0.29) is 5.41 Å². The Bertz CT molecular complexity index is 845. The number of rotatable bonds is 7. The molecule has 35 heavy (non-hydrogen) atoms. The topological polar surface area (TPSA) is 49.7 Å². The van der Waals surface area contributed by atoms with Gasteiger partial charge in [-0.1, -0.05) is 70.9 Å². The molecule has 4 aliphatic rings. The molecule has 6 atom stereocenters. The number of allylic oxidation sites excluding steroid dienone is 3. The maximum Gasteiger partial charge on any atom is 0.0811 e. The maximum absolute atomic E-state index is 10.2. The largest absolute Gasteiger partial charge is 0.393 e. The first-order chi connectivity index (χ1) is 16.6. The van der Waals surface area contributed by atoms with Gasteiger partial charge in [-0.05, 0) is 96.7 Å². The van der Waals surface area contributed by atoms with Crippen LogP contribution in [0.3, 0.4) is 0 Å². The molecule has 0 saturated heterocycles. The Labute approximate surface area is 214 Å². The summed E-state index contributed by atoms with van der Waals surface area (Å²) in [7, 11) is 0. The Morgan fingerprint density at radius 2 is 1.83 bits per heavy atom. The van der Waals surface area contributed by atoms with Crippen molar-refractivity contribution >= 4 is 0 Å². The number of fused-ring (bicyclic) bond motifs is 1. The van der Waals surface area contributed by atoms with Gasteiger partial charge in [-0.3, -0.25) is 0 Å². The third-order valence-corrected chi connectivity index (χ3v) is 10.5. The first-order valence-corrected chi connectivity index (χ1v) is 14.3. The van der Waals surface area contributed by atoms with E-state index >= 15 is 0 Å². The summed E-state index contributed by atoms with van der Waals surface area (Å²) >= 11 is 0. The van der Waals surface area contributed by atoms with Gasteiger partial charge in [0.15, 0.2) is 0 Å². The summed E-state index contributed by atoms with van der Waals surface area (Å²) in [4.78, 5) is 0. The lowest BCUT2D eigenvalue weighted by molar-refractivity contribution is 0.0364. The van der Waals surface area contributed by atoms with Gasteiger partial charge in [0.05, 0.1) is 18.8 Å². The number of aliphatic hydroxyl groups is 2. The normalized spacial score (nSPS) is 38.5. The average molecular weight is 483 g/mol. The molecule has 0 aliphatic heterocycles. The van der Waals surface area contributed by atoms with Gasteiger partial charge in [0.2, 0.25) is 0 Å². The van der Waals surface area contributed by atoms with E-state index in [1.165, 1.54) is 63.4 Å². The van der Waals surface area contributed by atoms with Crippen LogP contribution in [-0.2, 0) is 4.74 Å². The van der Waals surface area contributed by atoms with E-state index in [4.69, 9.17) is 4.74 Å². The van der Waals surface area contributed by atoms with E-state index in [2.05, 4.69) is 46.1 Å². The maximum atomic E-state index is 10.2. The highest BCUT2D eigenvalue weighted by Crippen LogP contribution is 2.59. The van der Waals surface area contributed by atoms with Crippen molar-refractivity contribution in [2.45, 2.75) is 110 Å². The fraction of sp³-hybridized carbons (Fsp3) is 0.750. The molecule has 4 rings (SSSR count). The second-order valence-corrected chi connectivity index (χ2v) is 12.9. The zero-order valence-corrected chi connectivity index (χ0v) is 22.7.